The van der Waals surface area contributed by atoms with Gasteiger partial charge in [-0.25, -0.2) is 0 Å². The standard InChI is InChI=1S/C25H25NO6/c1-30-26-23(19-5-3-2-4-6-19)17-32-21-11-7-18(8-12-21)16-31-22-13-9-20(10-14-22)24(27)15-25(28)29/h2-14,17,24,26-27H,15-16H2,1H3,(H,28,29). The molecule has 1 unspecified atom stereocenters. The fourth-order valence-electron chi connectivity index (χ4n) is 2.91. The van der Waals surface area contributed by atoms with Gasteiger partial charge in [0.15, 0.2) is 0 Å². The fourth-order valence-corrected chi connectivity index (χ4v) is 2.91. The smallest absolute Gasteiger partial charge is 0.306 e. The first-order valence-corrected chi connectivity index (χ1v) is 9.98. The van der Waals surface area contributed by atoms with Crippen molar-refractivity contribution in [2.24, 2.45) is 0 Å². The van der Waals surface area contributed by atoms with Crippen LogP contribution in [0.3, 0.4) is 0 Å². The van der Waals surface area contributed by atoms with Crippen molar-refractivity contribution < 1.29 is 29.3 Å². The lowest BCUT2D eigenvalue weighted by Gasteiger charge is -2.11. The minimum atomic E-state index is -1.05. The molecule has 0 spiro atoms. The summed E-state index contributed by atoms with van der Waals surface area (Å²) in [6.07, 6.45) is 0.215. The predicted molar refractivity (Wildman–Crippen MR) is 120 cm³/mol. The Kier molecular flexibility index (Phi) is 8.25. The maximum absolute atomic E-state index is 10.7. The Morgan fingerprint density at radius 1 is 0.969 bits per heavy atom. The maximum Gasteiger partial charge on any atom is 0.306 e. The van der Waals surface area contributed by atoms with Crippen molar-refractivity contribution in [1.82, 2.24) is 5.48 Å². The maximum atomic E-state index is 10.7. The number of benzene rings is 3. The molecule has 0 aliphatic carbocycles. The monoisotopic (exact) mass is 435 g/mol. The van der Waals surface area contributed by atoms with Gasteiger partial charge in [-0.2, -0.15) is 0 Å². The average molecular weight is 435 g/mol. The van der Waals surface area contributed by atoms with Gasteiger partial charge >= 0.3 is 5.97 Å². The third-order valence-corrected chi connectivity index (χ3v) is 4.57. The molecule has 0 saturated heterocycles. The van der Waals surface area contributed by atoms with E-state index in [0.717, 1.165) is 11.1 Å². The Morgan fingerprint density at radius 2 is 1.62 bits per heavy atom. The van der Waals surface area contributed by atoms with Gasteiger partial charge in [-0.3, -0.25) is 15.1 Å². The van der Waals surface area contributed by atoms with Gasteiger partial charge in [0.25, 0.3) is 0 Å². The van der Waals surface area contributed by atoms with E-state index < -0.39 is 12.1 Å². The molecule has 3 aromatic rings. The van der Waals surface area contributed by atoms with Gasteiger partial charge in [-0.15, -0.1) is 0 Å². The number of nitrogens with one attached hydrogen (secondary N) is 1. The molecule has 0 saturated carbocycles. The van der Waals surface area contributed by atoms with Gasteiger partial charge in [-0.05, 0) is 35.4 Å². The molecule has 0 amide bonds. The van der Waals surface area contributed by atoms with Gasteiger partial charge in [0, 0.05) is 5.56 Å². The largest absolute Gasteiger partial charge is 0.489 e. The van der Waals surface area contributed by atoms with Crippen LogP contribution in [0.1, 0.15) is 29.2 Å². The first kappa shape index (κ1) is 22.9. The molecule has 1 atom stereocenters. The van der Waals surface area contributed by atoms with E-state index >= 15 is 0 Å². The molecule has 7 heteroatoms. The number of rotatable bonds is 11. The summed E-state index contributed by atoms with van der Waals surface area (Å²) in [5.41, 5.74) is 5.92. The summed E-state index contributed by atoms with van der Waals surface area (Å²) in [7, 11) is 1.54. The van der Waals surface area contributed by atoms with E-state index in [2.05, 4.69) is 5.48 Å². The number of carboxylic acids is 1. The van der Waals surface area contributed by atoms with Crippen LogP contribution in [0.5, 0.6) is 11.5 Å². The molecule has 32 heavy (non-hydrogen) atoms. The van der Waals surface area contributed by atoms with Crippen LogP contribution in [0, 0.1) is 0 Å². The summed E-state index contributed by atoms with van der Waals surface area (Å²) >= 11 is 0. The summed E-state index contributed by atoms with van der Waals surface area (Å²) < 4.78 is 11.5. The number of aliphatic hydroxyl groups is 1. The molecular weight excluding hydrogens is 410 g/mol. The van der Waals surface area contributed by atoms with Gasteiger partial charge in [0.2, 0.25) is 0 Å². The molecule has 0 aliphatic rings. The molecule has 0 heterocycles. The second-order valence-electron chi connectivity index (χ2n) is 6.94. The molecular formula is C25H25NO6. The van der Waals surface area contributed by atoms with E-state index in [-0.39, 0.29) is 6.42 Å². The van der Waals surface area contributed by atoms with Crippen LogP contribution >= 0.6 is 0 Å². The van der Waals surface area contributed by atoms with E-state index in [4.69, 9.17) is 19.4 Å². The third kappa shape index (κ3) is 6.87. The molecule has 0 fully saturated rings. The number of aliphatic hydroxyl groups excluding tert-OH is 1. The molecule has 3 N–H and O–H groups in total. The first-order valence-electron chi connectivity index (χ1n) is 9.98. The van der Waals surface area contributed by atoms with E-state index in [1.807, 2.05) is 54.6 Å². The van der Waals surface area contributed by atoms with Gasteiger partial charge in [-0.1, -0.05) is 54.6 Å². The zero-order valence-corrected chi connectivity index (χ0v) is 17.6. The molecule has 7 nitrogen and oxygen atoms in total. The topological polar surface area (TPSA) is 97.3 Å². The summed E-state index contributed by atoms with van der Waals surface area (Å²) in [5.74, 6) is 0.238. The zero-order valence-electron chi connectivity index (χ0n) is 17.6. The van der Waals surface area contributed by atoms with Crippen LogP contribution in [0.15, 0.2) is 85.1 Å². The van der Waals surface area contributed by atoms with Gasteiger partial charge in [0.05, 0.1) is 19.6 Å². The minimum absolute atomic E-state index is 0.335. The van der Waals surface area contributed by atoms with Crippen molar-refractivity contribution in [2.75, 3.05) is 7.11 Å². The van der Waals surface area contributed by atoms with Gasteiger partial charge < -0.3 is 19.7 Å². The average Bonchev–Trinajstić information content (AvgIpc) is 2.81. The number of ether oxygens (including phenoxy) is 2. The number of carbonyl (C=O) groups is 1. The van der Waals surface area contributed by atoms with Crippen molar-refractivity contribution >= 4 is 11.7 Å². The number of aliphatic carboxylic acids is 1. The lowest BCUT2D eigenvalue weighted by atomic mass is 10.1. The lowest BCUT2D eigenvalue weighted by Crippen LogP contribution is -2.11. The Bertz CT molecular complexity index is 1020. The Morgan fingerprint density at radius 3 is 2.25 bits per heavy atom. The molecule has 3 aromatic carbocycles. The predicted octanol–water partition coefficient (Wildman–Crippen LogP) is 4.30. The lowest BCUT2D eigenvalue weighted by molar-refractivity contribution is -0.139. The highest BCUT2D eigenvalue weighted by Crippen LogP contribution is 2.22. The quantitative estimate of drug-likeness (QED) is 0.305. The van der Waals surface area contributed by atoms with Crippen LogP contribution in [-0.2, 0) is 16.2 Å². The highest BCUT2D eigenvalue weighted by molar-refractivity contribution is 5.67. The summed E-state index contributed by atoms with van der Waals surface area (Å²) in [6, 6.07) is 23.9. The summed E-state index contributed by atoms with van der Waals surface area (Å²) in [6.45, 7) is 0.355. The second kappa shape index (κ2) is 11.5. The van der Waals surface area contributed by atoms with Crippen molar-refractivity contribution in [2.45, 2.75) is 19.1 Å². The Labute approximate surface area is 186 Å². The highest BCUT2D eigenvalue weighted by Gasteiger charge is 2.12. The van der Waals surface area contributed by atoms with Crippen molar-refractivity contribution in [1.29, 1.82) is 0 Å². The Hall–Kier alpha value is -3.81. The summed E-state index contributed by atoms with van der Waals surface area (Å²) in [5, 5.41) is 18.6. The van der Waals surface area contributed by atoms with E-state index in [0.29, 0.717) is 29.4 Å². The normalized spacial score (nSPS) is 12.1. The molecule has 0 bridgehead atoms. The third-order valence-electron chi connectivity index (χ3n) is 4.57. The molecule has 0 radical (unpaired) electrons. The molecule has 0 aromatic heterocycles. The van der Waals surface area contributed by atoms with E-state index in [1.165, 1.54) is 7.11 Å². The Balaban J connectivity index is 1.55. The van der Waals surface area contributed by atoms with Crippen molar-refractivity contribution in [3.8, 4) is 11.5 Å². The van der Waals surface area contributed by atoms with Crippen LogP contribution in [0.25, 0.3) is 5.70 Å². The van der Waals surface area contributed by atoms with Crippen LogP contribution in [0.2, 0.25) is 0 Å². The van der Waals surface area contributed by atoms with Gasteiger partial charge in [0.1, 0.15) is 30.1 Å². The zero-order chi connectivity index (χ0) is 22.8. The number of hydrogen-bond acceptors (Lipinski definition) is 6. The molecule has 0 aliphatic heterocycles. The molecule has 3 rings (SSSR count). The number of hydroxylamine groups is 1. The molecule has 166 valence electrons. The van der Waals surface area contributed by atoms with E-state index in [9.17, 15) is 9.90 Å². The SMILES string of the molecule is CONC(=COc1ccc(COc2ccc(C(O)CC(=O)O)cc2)cc1)c1ccccc1. The summed E-state index contributed by atoms with van der Waals surface area (Å²) in [4.78, 5) is 15.7. The van der Waals surface area contributed by atoms with E-state index in [1.54, 1.807) is 30.5 Å². The van der Waals surface area contributed by atoms with Crippen LogP contribution in [0.4, 0.5) is 0 Å². The number of carboxylic acid groups (broad SMARTS) is 1. The first-order chi connectivity index (χ1) is 15.5. The minimum Gasteiger partial charge on any atom is -0.489 e. The second-order valence-corrected chi connectivity index (χ2v) is 6.94. The van der Waals surface area contributed by atoms with Crippen LogP contribution < -0.4 is 15.0 Å². The van der Waals surface area contributed by atoms with Crippen LogP contribution in [-0.4, -0.2) is 23.3 Å². The fraction of sp³-hybridized carbons (Fsp3) is 0.160. The van der Waals surface area contributed by atoms with Crippen molar-refractivity contribution in [3.63, 3.8) is 0 Å². The number of hydrogen-bond donors (Lipinski definition) is 3. The highest BCUT2D eigenvalue weighted by atomic mass is 16.6. The van der Waals surface area contributed by atoms with Crippen molar-refractivity contribution in [3.05, 3.63) is 102 Å².